The van der Waals surface area contributed by atoms with Gasteiger partial charge in [-0.2, -0.15) is 0 Å². The summed E-state index contributed by atoms with van der Waals surface area (Å²) in [5.41, 5.74) is -1.38. The number of aromatic nitrogens is 2. The summed E-state index contributed by atoms with van der Waals surface area (Å²) < 4.78 is 33.3. The van der Waals surface area contributed by atoms with Crippen LogP contribution in [0.15, 0.2) is 20.7 Å². The molecule has 118 valence electrons. The second kappa shape index (κ2) is 5.74. The molecular formula is C12H19N3O5S. The average Bonchev–Trinajstić information content (AvgIpc) is 2.93. The maximum atomic E-state index is 12.5. The Labute approximate surface area is 122 Å². The van der Waals surface area contributed by atoms with E-state index in [2.05, 4.69) is 0 Å². The van der Waals surface area contributed by atoms with E-state index >= 15 is 0 Å². The van der Waals surface area contributed by atoms with E-state index in [0.29, 0.717) is 13.2 Å². The molecular weight excluding hydrogens is 298 g/mol. The number of hydrogen-bond acceptors (Lipinski definition) is 5. The van der Waals surface area contributed by atoms with E-state index in [1.54, 1.807) is 0 Å². The largest absolute Gasteiger partial charge is 0.381 e. The highest BCUT2D eigenvalue weighted by molar-refractivity contribution is 7.89. The van der Waals surface area contributed by atoms with Crippen LogP contribution in [0.25, 0.3) is 0 Å². The molecule has 1 aliphatic heterocycles. The number of ether oxygens (including phenoxy) is 1. The van der Waals surface area contributed by atoms with Crippen molar-refractivity contribution in [3.63, 3.8) is 0 Å². The van der Waals surface area contributed by atoms with Crippen molar-refractivity contribution >= 4 is 10.0 Å². The minimum absolute atomic E-state index is 0.126. The molecule has 8 nitrogen and oxygen atoms in total. The molecule has 0 amide bonds. The van der Waals surface area contributed by atoms with E-state index in [-0.39, 0.29) is 12.5 Å². The molecule has 0 radical (unpaired) electrons. The van der Waals surface area contributed by atoms with Crippen LogP contribution in [-0.4, -0.2) is 48.7 Å². The molecule has 1 aromatic heterocycles. The lowest BCUT2D eigenvalue weighted by Gasteiger charge is -2.20. The Balaban J connectivity index is 2.39. The van der Waals surface area contributed by atoms with E-state index in [0.717, 1.165) is 26.1 Å². The van der Waals surface area contributed by atoms with Gasteiger partial charge < -0.3 is 9.30 Å². The minimum Gasteiger partial charge on any atom is -0.381 e. The standard InChI is InChI=1S/C12H19N3O5S/c1-13-7-10(11(16)15(3)12(13)17)21(18,19)14(2)6-9-4-5-20-8-9/h7,9H,4-6,8H2,1-3H3. The fraction of sp³-hybridized carbons (Fsp3) is 0.667. The Kier molecular flexibility index (Phi) is 4.35. The van der Waals surface area contributed by atoms with Gasteiger partial charge in [0.15, 0.2) is 4.90 Å². The molecule has 2 rings (SSSR count). The average molecular weight is 317 g/mol. The van der Waals surface area contributed by atoms with Gasteiger partial charge in [-0.25, -0.2) is 17.5 Å². The molecule has 0 aromatic carbocycles. The lowest BCUT2D eigenvalue weighted by atomic mass is 10.1. The predicted molar refractivity (Wildman–Crippen MR) is 75.7 cm³/mol. The molecule has 1 atom stereocenters. The van der Waals surface area contributed by atoms with E-state index in [1.165, 1.54) is 21.1 Å². The first kappa shape index (κ1) is 15.9. The topological polar surface area (TPSA) is 90.6 Å². The van der Waals surface area contributed by atoms with Crippen molar-refractivity contribution < 1.29 is 13.2 Å². The van der Waals surface area contributed by atoms with Crippen molar-refractivity contribution in [3.05, 3.63) is 27.0 Å². The highest BCUT2D eigenvalue weighted by Crippen LogP contribution is 2.17. The van der Waals surface area contributed by atoms with Gasteiger partial charge in [0.1, 0.15) is 0 Å². The third kappa shape index (κ3) is 2.94. The maximum Gasteiger partial charge on any atom is 0.330 e. The molecule has 0 aliphatic carbocycles. The number of rotatable bonds is 4. The van der Waals surface area contributed by atoms with Crippen LogP contribution in [0.1, 0.15) is 6.42 Å². The number of nitrogens with zero attached hydrogens (tertiary/aromatic N) is 3. The molecule has 9 heteroatoms. The van der Waals surface area contributed by atoms with Crippen LogP contribution in [0.2, 0.25) is 0 Å². The number of sulfonamides is 1. The Morgan fingerprint density at radius 3 is 2.62 bits per heavy atom. The zero-order chi connectivity index (χ0) is 15.8. The summed E-state index contributed by atoms with van der Waals surface area (Å²) in [4.78, 5) is 23.3. The smallest absolute Gasteiger partial charge is 0.330 e. The van der Waals surface area contributed by atoms with Gasteiger partial charge in [0.25, 0.3) is 5.56 Å². The van der Waals surface area contributed by atoms with Crippen molar-refractivity contribution in [1.29, 1.82) is 0 Å². The zero-order valence-electron chi connectivity index (χ0n) is 12.3. The van der Waals surface area contributed by atoms with Gasteiger partial charge >= 0.3 is 5.69 Å². The van der Waals surface area contributed by atoms with Gasteiger partial charge in [-0.1, -0.05) is 0 Å². The molecule has 1 aromatic rings. The first-order valence-electron chi connectivity index (χ1n) is 6.56. The van der Waals surface area contributed by atoms with Crippen LogP contribution in [0.3, 0.4) is 0 Å². The second-order valence-corrected chi connectivity index (χ2v) is 7.28. The van der Waals surface area contributed by atoms with Crippen molar-refractivity contribution in [1.82, 2.24) is 13.4 Å². The summed E-state index contributed by atoms with van der Waals surface area (Å²) in [5, 5.41) is 0. The fourth-order valence-electron chi connectivity index (χ4n) is 2.31. The van der Waals surface area contributed by atoms with Crippen LogP contribution >= 0.6 is 0 Å². The van der Waals surface area contributed by atoms with Crippen LogP contribution < -0.4 is 11.2 Å². The van der Waals surface area contributed by atoms with Gasteiger partial charge in [-0.3, -0.25) is 9.36 Å². The second-order valence-electron chi connectivity index (χ2n) is 5.27. The van der Waals surface area contributed by atoms with E-state index in [9.17, 15) is 18.0 Å². The van der Waals surface area contributed by atoms with Gasteiger partial charge in [0.2, 0.25) is 10.0 Å². The summed E-state index contributed by atoms with van der Waals surface area (Å²) in [5.74, 6) is 0.126. The molecule has 0 spiro atoms. The van der Waals surface area contributed by atoms with Crippen molar-refractivity contribution in [3.8, 4) is 0 Å². The SMILES string of the molecule is CN(CC1CCOC1)S(=O)(=O)c1cn(C)c(=O)n(C)c1=O. The molecule has 2 heterocycles. The Morgan fingerprint density at radius 2 is 2.05 bits per heavy atom. The summed E-state index contributed by atoms with van der Waals surface area (Å²) in [7, 11) is 0.161. The first-order valence-corrected chi connectivity index (χ1v) is 8.00. The summed E-state index contributed by atoms with van der Waals surface area (Å²) in [6, 6.07) is 0. The van der Waals surface area contributed by atoms with Crippen molar-refractivity contribution in [2.75, 3.05) is 26.8 Å². The fourth-order valence-corrected chi connectivity index (χ4v) is 3.70. The molecule has 1 aliphatic rings. The lowest BCUT2D eigenvalue weighted by molar-refractivity contribution is 0.182. The Hall–Kier alpha value is -1.45. The zero-order valence-corrected chi connectivity index (χ0v) is 13.1. The molecule has 0 bridgehead atoms. The molecule has 1 saturated heterocycles. The highest BCUT2D eigenvalue weighted by Gasteiger charge is 2.29. The number of aryl methyl sites for hydroxylation is 1. The van der Waals surface area contributed by atoms with Crippen LogP contribution in [0.4, 0.5) is 0 Å². The Bertz CT molecular complexity index is 743. The minimum atomic E-state index is -3.93. The summed E-state index contributed by atoms with van der Waals surface area (Å²) in [6.07, 6.45) is 1.87. The lowest BCUT2D eigenvalue weighted by Crippen LogP contribution is -2.42. The molecule has 1 fully saturated rings. The quantitative estimate of drug-likeness (QED) is 0.691. The molecule has 0 saturated carbocycles. The highest BCUT2D eigenvalue weighted by atomic mass is 32.2. The van der Waals surface area contributed by atoms with Gasteiger partial charge in [0, 0.05) is 40.5 Å². The van der Waals surface area contributed by atoms with E-state index in [1.807, 2.05) is 0 Å². The number of hydrogen-bond donors (Lipinski definition) is 0. The Morgan fingerprint density at radius 1 is 1.38 bits per heavy atom. The third-order valence-electron chi connectivity index (χ3n) is 3.64. The molecule has 21 heavy (non-hydrogen) atoms. The van der Waals surface area contributed by atoms with Crippen molar-refractivity contribution in [2.24, 2.45) is 20.0 Å². The van der Waals surface area contributed by atoms with Crippen LogP contribution in [0, 0.1) is 5.92 Å². The first-order chi connectivity index (χ1) is 9.75. The van der Waals surface area contributed by atoms with E-state index in [4.69, 9.17) is 4.74 Å². The normalized spacial score (nSPS) is 19.3. The van der Waals surface area contributed by atoms with Crippen LogP contribution in [0.5, 0.6) is 0 Å². The van der Waals surface area contributed by atoms with Crippen LogP contribution in [-0.2, 0) is 28.9 Å². The third-order valence-corrected chi connectivity index (χ3v) is 5.45. The predicted octanol–water partition coefficient (Wildman–Crippen LogP) is -1.26. The van der Waals surface area contributed by atoms with E-state index < -0.39 is 26.2 Å². The van der Waals surface area contributed by atoms with Gasteiger partial charge in [-0.05, 0) is 12.3 Å². The maximum absolute atomic E-state index is 12.5. The molecule has 1 unspecified atom stereocenters. The monoisotopic (exact) mass is 317 g/mol. The van der Waals surface area contributed by atoms with Gasteiger partial charge in [0.05, 0.1) is 6.61 Å². The molecule has 0 N–H and O–H groups in total. The van der Waals surface area contributed by atoms with Gasteiger partial charge in [-0.15, -0.1) is 0 Å². The van der Waals surface area contributed by atoms with Crippen molar-refractivity contribution in [2.45, 2.75) is 11.3 Å². The summed E-state index contributed by atoms with van der Waals surface area (Å²) >= 11 is 0. The summed E-state index contributed by atoms with van der Waals surface area (Å²) in [6.45, 7) is 1.43.